The molecular weight excluding hydrogens is 380 g/mol. The number of amides is 1. The molecular formula is C23H30N4O3. The zero-order valence-corrected chi connectivity index (χ0v) is 18.0. The maximum Gasteiger partial charge on any atom is 0.307 e. The van der Waals surface area contributed by atoms with Crippen LogP contribution >= 0.6 is 0 Å². The Morgan fingerprint density at radius 3 is 2.47 bits per heavy atom. The summed E-state index contributed by atoms with van der Waals surface area (Å²) in [6, 6.07) is 5.93. The summed E-state index contributed by atoms with van der Waals surface area (Å²) in [7, 11) is 1.44. The molecule has 2 atom stereocenters. The Bertz CT molecular complexity index is 957. The highest BCUT2D eigenvalue weighted by Gasteiger charge is 2.38. The van der Waals surface area contributed by atoms with Gasteiger partial charge in [0.15, 0.2) is 0 Å². The largest absolute Gasteiger partial charge is 0.469 e. The van der Waals surface area contributed by atoms with Crippen molar-refractivity contribution < 1.29 is 14.3 Å². The van der Waals surface area contributed by atoms with Gasteiger partial charge < -0.3 is 10.1 Å². The number of nitrogens with one attached hydrogen (secondary N) is 1. The second kappa shape index (κ2) is 8.68. The summed E-state index contributed by atoms with van der Waals surface area (Å²) >= 11 is 0. The number of aryl methyl sites for hydroxylation is 2. The third kappa shape index (κ3) is 4.61. The Kier molecular flexibility index (Phi) is 5.99. The van der Waals surface area contributed by atoms with Crippen LogP contribution in [-0.2, 0) is 9.53 Å². The number of benzene rings is 1. The number of aromatic nitrogens is 2. The molecule has 2 aromatic rings. The minimum Gasteiger partial charge on any atom is -0.469 e. The second-order valence-electron chi connectivity index (χ2n) is 8.61. The summed E-state index contributed by atoms with van der Waals surface area (Å²) in [5.41, 5.74) is 3.90. The summed E-state index contributed by atoms with van der Waals surface area (Å²) in [5, 5.41) is 3.10. The van der Waals surface area contributed by atoms with E-state index in [9.17, 15) is 9.59 Å². The van der Waals surface area contributed by atoms with E-state index >= 15 is 0 Å². The molecule has 2 fully saturated rings. The number of carbonyl (C=O) groups is 2. The highest BCUT2D eigenvalue weighted by Crippen LogP contribution is 2.35. The fourth-order valence-electron chi connectivity index (χ4n) is 4.31. The van der Waals surface area contributed by atoms with Gasteiger partial charge in [-0.1, -0.05) is 0 Å². The smallest absolute Gasteiger partial charge is 0.307 e. The molecule has 1 aliphatic carbocycles. The summed E-state index contributed by atoms with van der Waals surface area (Å²) in [6.07, 6.45) is 4.90. The number of hydrogen-bond donors (Lipinski definition) is 1. The van der Waals surface area contributed by atoms with Crippen molar-refractivity contribution in [2.24, 2.45) is 5.92 Å². The van der Waals surface area contributed by atoms with Crippen LogP contribution in [0.4, 0.5) is 0 Å². The number of hydrogen-bond acceptors (Lipinski definition) is 6. The van der Waals surface area contributed by atoms with E-state index in [0.717, 1.165) is 47.7 Å². The fraction of sp³-hybridized carbons (Fsp3) is 0.565. The number of methoxy groups -OCH3 is 1. The van der Waals surface area contributed by atoms with Crippen molar-refractivity contribution in [1.82, 2.24) is 20.2 Å². The van der Waals surface area contributed by atoms with Crippen LogP contribution in [0.5, 0.6) is 0 Å². The quantitative estimate of drug-likeness (QED) is 0.707. The summed E-state index contributed by atoms with van der Waals surface area (Å²) in [6.45, 7) is 5.45. The molecule has 1 saturated carbocycles. The SMILES string of the molecule is COC(=O)C[C@H]1CC[C@@H](CNC(=O)c2ccc3nc(C)c(C)nc3c2)N1CC1CC1. The summed E-state index contributed by atoms with van der Waals surface area (Å²) in [4.78, 5) is 36.1. The first-order valence-electron chi connectivity index (χ1n) is 10.8. The molecule has 7 nitrogen and oxygen atoms in total. The van der Waals surface area contributed by atoms with Crippen LogP contribution < -0.4 is 5.32 Å². The molecule has 1 aliphatic heterocycles. The van der Waals surface area contributed by atoms with Crippen LogP contribution in [0, 0.1) is 19.8 Å². The maximum absolute atomic E-state index is 12.8. The van der Waals surface area contributed by atoms with Crippen LogP contribution in [0.15, 0.2) is 18.2 Å². The lowest BCUT2D eigenvalue weighted by molar-refractivity contribution is -0.141. The Labute approximate surface area is 177 Å². The molecule has 0 unspecified atom stereocenters. The van der Waals surface area contributed by atoms with Gasteiger partial charge in [-0.25, -0.2) is 9.97 Å². The zero-order valence-electron chi connectivity index (χ0n) is 18.0. The molecule has 1 aromatic heterocycles. The van der Waals surface area contributed by atoms with E-state index in [-0.39, 0.29) is 24.0 Å². The van der Waals surface area contributed by atoms with Crippen LogP contribution in [0.1, 0.15) is 53.8 Å². The Balaban J connectivity index is 1.41. The molecule has 0 radical (unpaired) electrons. The van der Waals surface area contributed by atoms with E-state index in [0.29, 0.717) is 18.5 Å². The van der Waals surface area contributed by atoms with Crippen molar-refractivity contribution in [3.8, 4) is 0 Å². The Morgan fingerprint density at radius 2 is 1.77 bits per heavy atom. The number of nitrogens with zero attached hydrogens (tertiary/aromatic N) is 3. The molecule has 1 aromatic carbocycles. The zero-order chi connectivity index (χ0) is 21.3. The highest BCUT2D eigenvalue weighted by atomic mass is 16.5. The number of fused-ring (bicyclic) bond motifs is 1. The average Bonchev–Trinajstić information content (AvgIpc) is 3.48. The number of rotatable bonds is 7. The third-order valence-electron chi connectivity index (χ3n) is 6.40. The van der Waals surface area contributed by atoms with Crippen molar-refractivity contribution in [2.75, 3.05) is 20.2 Å². The van der Waals surface area contributed by atoms with Crippen LogP contribution in [0.2, 0.25) is 0 Å². The topological polar surface area (TPSA) is 84.4 Å². The number of esters is 1. The molecule has 30 heavy (non-hydrogen) atoms. The summed E-state index contributed by atoms with van der Waals surface area (Å²) in [5.74, 6) is 0.472. The van der Waals surface area contributed by atoms with Gasteiger partial charge in [-0.3, -0.25) is 14.5 Å². The number of likely N-dealkylation sites (tertiary alicyclic amines) is 1. The standard InChI is InChI=1S/C23H30N4O3/c1-14-15(2)26-21-10-17(6-9-20(21)25-14)23(29)24-12-19-8-7-18(11-22(28)30-3)27(19)13-16-4-5-16/h6,9-10,16,18-19H,4-5,7-8,11-13H2,1-3H3,(H,24,29)/t18-,19+/m1/s1. The van der Waals surface area contributed by atoms with E-state index in [2.05, 4.69) is 20.2 Å². The normalized spacial score (nSPS) is 21.7. The molecule has 1 N–H and O–H groups in total. The Hall–Kier alpha value is -2.54. The minimum absolute atomic E-state index is 0.0975. The fourth-order valence-corrected chi connectivity index (χ4v) is 4.31. The molecule has 0 bridgehead atoms. The third-order valence-corrected chi connectivity index (χ3v) is 6.40. The van der Waals surface area contributed by atoms with E-state index in [1.54, 1.807) is 12.1 Å². The van der Waals surface area contributed by atoms with Gasteiger partial charge in [0.25, 0.3) is 5.91 Å². The monoisotopic (exact) mass is 410 g/mol. The molecule has 0 spiro atoms. The molecule has 1 saturated heterocycles. The van der Waals surface area contributed by atoms with Gasteiger partial charge >= 0.3 is 5.97 Å². The van der Waals surface area contributed by atoms with Gasteiger partial charge in [0.05, 0.1) is 36.0 Å². The van der Waals surface area contributed by atoms with Crippen LogP contribution in [0.3, 0.4) is 0 Å². The number of carbonyl (C=O) groups excluding carboxylic acids is 2. The maximum atomic E-state index is 12.8. The van der Waals surface area contributed by atoms with Crippen molar-refractivity contribution >= 4 is 22.9 Å². The first-order valence-corrected chi connectivity index (χ1v) is 10.8. The van der Waals surface area contributed by atoms with Gasteiger partial charge in [0.1, 0.15) is 0 Å². The first-order chi connectivity index (χ1) is 14.4. The summed E-state index contributed by atoms with van der Waals surface area (Å²) < 4.78 is 4.88. The van der Waals surface area contributed by atoms with Gasteiger partial charge in [0, 0.05) is 30.7 Å². The average molecular weight is 411 g/mol. The van der Waals surface area contributed by atoms with E-state index in [4.69, 9.17) is 4.74 Å². The van der Waals surface area contributed by atoms with E-state index in [1.165, 1.54) is 20.0 Å². The van der Waals surface area contributed by atoms with Crippen molar-refractivity contribution in [2.45, 2.75) is 58.0 Å². The molecule has 4 rings (SSSR count). The minimum atomic E-state index is -0.159. The molecule has 2 heterocycles. The predicted molar refractivity (Wildman–Crippen MR) is 114 cm³/mol. The lowest BCUT2D eigenvalue weighted by atomic mass is 10.1. The van der Waals surface area contributed by atoms with E-state index in [1.807, 2.05) is 19.9 Å². The molecule has 1 amide bonds. The molecule has 7 heteroatoms. The first kappa shape index (κ1) is 20.7. The lowest BCUT2D eigenvalue weighted by Crippen LogP contribution is -2.44. The van der Waals surface area contributed by atoms with Gasteiger partial charge in [0.2, 0.25) is 0 Å². The second-order valence-corrected chi connectivity index (χ2v) is 8.61. The van der Waals surface area contributed by atoms with Crippen molar-refractivity contribution in [1.29, 1.82) is 0 Å². The van der Waals surface area contributed by atoms with Gasteiger partial charge in [-0.2, -0.15) is 0 Å². The predicted octanol–water partition coefficient (Wildman–Crippen LogP) is 2.78. The van der Waals surface area contributed by atoms with Crippen molar-refractivity contribution in [3.63, 3.8) is 0 Å². The Morgan fingerprint density at radius 1 is 1.07 bits per heavy atom. The number of ether oxygens (including phenoxy) is 1. The van der Waals surface area contributed by atoms with Crippen LogP contribution in [-0.4, -0.2) is 59.0 Å². The molecule has 160 valence electrons. The lowest BCUT2D eigenvalue weighted by Gasteiger charge is -2.30. The van der Waals surface area contributed by atoms with Gasteiger partial charge in [-0.15, -0.1) is 0 Å². The van der Waals surface area contributed by atoms with Gasteiger partial charge in [-0.05, 0) is 63.6 Å². The highest BCUT2D eigenvalue weighted by molar-refractivity contribution is 5.97. The van der Waals surface area contributed by atoms with Crippen LogP contribution in [0.25, 0.3) is 11.0 Å². The van der Waals surface area contributed by atoms with E-state index < -0.39 is 0 Å². The van der Waals surface area contributed by atoms with Crippen molar-refractivity contribution in [3.05, 3.63) is 35.2 Å². The molecule has 2 aliphatic rings.